The maximum Gasteiger partial charge on any atom is 0.573 e. The van der Waals surface area contributed by atoms with E-state index in [2.05, 4.69) is 14.8 Å². The van der Waals surface area contributed by atoms with Gasteiger partial charge in [0.1, 0.15) is 5.75 Å². The normalized spacial score (nSPS) is 11.7. The number of halogens is 3. The number of thioether (sulfide) groups is 1. The fourth-order valence-corrected chi connectivity index (χ4v) is 3.70. The van der Waals surface area contributed by atoms with Crippen molar-refractivity contribution in [3.05, 3.63) is 42.5 Å². The zero-order chi connectivity index (χ0) is 20.2. The van der Waals surface area contributed by atoms with Crippen LogP contribution in [0.25, 0.3) is 0 Å². The lowest BCUT2D eigenvalue weighted by Gasteiger charge is -2.13. The lowest BCUT2D eigenvalue weighted by atomic mass is 10.3. The number of nitrogens with one attached hydrogen (secondary N) is 2. The minimum atomic E-state index is -4.83. The molecule has 146 valence electrons. The van der Waals surface area contributed by atoms with Crippen LogP contribution in [-0.4, -0.2) is 26.9 Å². The minimum Gasteiger partial charge on any atom is -0.406 e. The number of benzene rings is 2. The molecule has 2 aromatic carbocycles. The van der Waals surface area contributed by atoms with Crippen molar-refractivity contribution in [1.82, 2.24) is 0 Å². The molecule has 0 saturated carbocycles. The van der Waals surface area contributed by atoms with E-state index in [4.69, 9.17) is 0 Å². The highest BCUT2D eigenvalue weighted by molar-refractivity contribution is 7.98. The molecule has 0 bridgehead atoms. The summed E-state index contributed by atoms with van der Waals surface area (Å²) in [7, 11) is -4.02. The number of alkyl halides is 3. The molecule has 11 heteroatoms. The third-order valence-corrected chi connectivity index (χ3v) is 5.31. The van der Waals surface area contributed by atoms with Crippen molar-refractivity contribution >= 4 is 39.1 Å². The second-order valence-electron chi connectivity index (χ2n) is 5.22. The second-order valence-corrected chi connectivity index (χ2v) is 7.75. The SMILES string of the molecule is CSc1ccc(S(=O)(=O)Nc2ccc(OC(F)(F)F)cc2)cc1NC(C)=O. The van der Waals surface area contributed by atoms with Crippen molar-refractivity contribution in [3.8, 4) is 5.75 Å². The molecule has 0 heterocycles. The molecule has 0 radical (unpaired) electrons. The summed E-state index contributed by atoms with van der Waals surface area (Å²) < 4.78 is 67.5. The third-order valence-electron chi connectivity index (χ3n) is 3.13. The maximum absolute atomic E-state index is 12.5. The molecular formula is C16H15F3N2O4S2. The number of rotatable bonds is 6. The molecule has 0 atom stereocenters. The fourth-order valence-electron chi connectivity index (χ4n) is 2.08. The standard InChI is InChI=1S/C16H15F3N2O4S2/c1-10(22)20-14-9-13(7-8-15(14)26-2)27(23,24)21-11-3-5-12(6-4-11)25-16(17,18)19/h3-9,21H,1-2H3,(H,20,22). The number of hydrogen-bond donors (Lipinski definition) is 2. The van der Waals surface area contributed by atoms with E-state index in [0.29, 0.717) is 10.6 Å². The van der Waals surface area contributed by atoms with Crippen LogP contribution >= 0.6 is 11.8 Å². The fraction of sp³-hybridized carbons (Fsp3) is 0.188. The van der Waals surface area contributed by atoms with Gasteiger partial charge in [0, 0.05) is 17.5 Å². The van der Waals surface area contributed by atoms with Gasteiger partial charge in [0.25, 0.3) is 10.0 Å². The zero-order valence-corrected chi connectivity index (χ0v) is 15.8. The third kappa shape index (κ3) is 6.07. The molecule has 0 fully saturated rings. The number of hydrogen-bond acceptors (Lipinski definition) is 5. The second kappa shape index (κ2) is 8.09. The van der Waals surface area contributed by atoms with E-state index in [-0.39, 0.29) is 16.5 Å². The van der Waals surface area contributed by atoms with E-state index < -0.39 is 22.1 Å². The Morgan fingerprint density at radius 1 is 1.11 bits per heavy atom. The minimum absolute atomic E-state index is 0.0551. The quantitative estimate of drug-likeness (QED) is 0.689. The summed E-state index contributed by atoms with van der Waals surface area (Å²) in [6.45, 7) is 1.30. The molecule has 0 aromatic heterocycles. The average molecular weight is 420 g/mol. The molecule has 1 amide bonds. The van der Waals surface area contributed by atoms with Crippen molar-refractivity contribution in [2.24, 2.45) is 0 Å². The summed E-state index contributed by atoms with van der Waals surface area (Å²) in [6.07, 6.45) is -3.06. The highest BCUT2D eigenvalue weighted by Gasteiger charge is 2.31. The molecule has 2 aromatic rings. The van der Waals surface area contributed by atoms with Crippen LogP contribution in [0.3, 0.4) is 0 Å². The van der Waals surface area contributed by atoms with Gasteiger partial charge >= 0.3 is 6.36 Å². The van der Waals surface area contributed by atoms with Crippen molar-refractivity contribution < 1.29 is 31.1 Å². The predicted octanol–water partition coefficient (Wildman–Crippen LogP) is 4.07. The summed E-state index contributed by atoms with van der Waals surface area (Å²) in [5, 5.41) is 2.55. The van der Waals surface area contributed by atoms with Gasteiger partial charge in [-0.25, -0.2) is 8.42 Å². The number of sulfonamides is 1. The molecule has 0 unspecified atom stereocenters. The molecule has 0 aliphatic carbocycles. The summed E-state index contributed by atoms with van der Waals surface area (Å²) in [4.78, 5) is 11.9. The van der Waals surface area contributed by atoms with Gasteiger partial charge in [0.05, 0.1) is 10.6 Å². The number of anilines is 2. The Bertz CT molecular complexity index is 930. The molecule has 27 heavy (non-hydrogen) atoms. The molecule has 0 spiro atoms. The van der Waals surface area contributed by atoms with Gasteiger partial charge in [0.2, 0.25) is 5.91 Å². The van der Waals surface area contributed by atoms with E-state index in [0.717, 1.165) is 24.3 Å². The zero-order valence-electron chi connectivity index (χ0n) is 14.1. The van der Waals surface area contributed by atoms with Gasteiger partial charge in [-0.1, -0.05) is 0 Å². The lowest BCUT2D eigenvalue weighted by molar-refractivity contribution is -0.274. The first-order valence-corrected chi connectivity index (χ1v) is 10.1. The van der Waals surface area contributed by atoms with Crippen molar-refractivity contribution in [3.63, 3.8) is 0 Å². The topological polar surface area (TPSA) is 84.5 Å². The van der Waals surface area contributed by atoms with Crippen LogP contribution in [0.5, 0.6) is 5.75 Å². The molecular weight excluding hydrogens is 405 g/mol. The summed E-state index contributed by atoms with van der Waals surface area (Å²) in [5.41, 5.74) is 0.395. The van der Waals surface area contributed by atoms with Gasteiger partial charge < -0.3 is 10.1 Å². The Morgan fingerprint density at radius 3 is 2.26 bits per heavy atom. The molecule has 6 nitrogen and oxygen atoms in total. The van der Waals surface area contributed by atoms with Crippen LogP contribution in [-0.2, 0) is 14.8 Å². The number of ether oxygens (including phenoxy) is 1. The van der Waals surface area contributed by atoms with E-state index in [1.807, 2.05) is 0 Å². The smallest absolute Gasteiger partial charge is 0.406 e. The first-order valence-electron chi connectivity index (χ1n) is 7.34. The van der Waals surface area contributed by atoms with Gasteiger partial charge in [-0.2, -0.15) is 0 Å². The maximum atomic E-state index is 12.5. The van der Waals surface area contributed by atoms with Gasteiger partial charge in [-0.05, 0) is 48.7 Å². The molecule has 2 rings (SSSR count). The van der Waals surface area contributed by atoms with Crippen molar-refractivity contribution in [2.45, 2.75) is 23.1 Å². The Morgan fingerprint density at radius 2 is 1.74 bits per heavy atom. The Kier molecular flexibility index (Phi) is 6.26. The molecule has 0 aliphatic rings. The molecule has 0 saturated heterocycles. The van der Waals surface area contributed by atoms with Crippen LogP contribution in [0.4, 0.5) is 24.5 Å². The van der Waals surface area contributed by atoms with E-state index in [1.165, 1.54) is 30.8 Å². The highest BCUT2D eigenvalue weighted by Crippen LogP contribution is 2.29. The van der Waals surface area contributed by atoms with Crippen LogP contribution < -0.4 is 14.8 Å². The van der Waals surface area contributed by atoms with E-state index >= 15 is 0 Å². The Labute approximate surface area is 158 Å². The number of carbonyl (C=O) groups excluding carboxylic acids is 1. The predicted molar refractivity (Wildman–Crippen MR) is 96.5 cm³/mol. The average Bonchev–Trinajstić information content (AvgIpc) is 2.54. The number of carbonyl (C=O) groups is 1. The van der Waals surface area contributed by atoms with Crippen LogP contribution in [0.1, 0.15) is 6.92 Å². The van der Waals surface area contributed by atoms with Crippen LogP contribution in [0, 0.1) is 0 Å². The van der Waals surface area contributed by atoms with Gasteiger partial charge in [0.15, 0.2) is 0 Å². The highest BCUT2D eigenvalue weighted by atomic mass is 32.2. The Hall–Kier alpha value is -2.40. The summed E-state index contributed by atoms with van der Waals surface area (Å²) >= 11 is 1.33. The molecule has 0 aliphatic heterocycles. The number of amides is 1. The van der Waals surface area contributed by atoms with Crippen molar-refractivity contribution in [2.75, 3.05) is 16.3 Å². The Balaban J connectivity index is 2.24. The molecule has 2 N–H and O–H groups in total. The van der Waals surface area contributed by atoms with Crippen LogP contribution in [0.2, 0.25) is 0 Å². The van der Waals surface area contributed by atoms with Crippen molar-refractivity contribution in [1.29, 1.82) is 0 Å². The summed E-state index contributed by atoms with van der Waals surface area (Å²) in [5.74, 6) is -0.823. The van der Waals surface area contributed by atoms with Gasteiger partial charge in [-0.15, -0.1) is 24.9 Å². The monoisotopic (exact) mass is 420 g/mol. The lowest BCUT2D eigenvalue weighted by Crippen LogP contribution is -2.17. The van der Waals surface area contributed by atoms with E-state index in [9.17, 15) is 26.4 Å². The first-order chi connectivity index (χ1) is 12.5. The van der Waals surface area contributed by atoms with Gasteiger partial charge in [-0.3, -0.25) is 9.52 Å². The first kappa shape index (κ1) is 20.9. The largest absolute Gasteiger partial charge is 0.573 e. The van der Waals surface area contributed by atoms with E-state index in [1.54, 1.807) is 12.3 Å². The van der Waals surface area contributed by atoms with Crippen LogP contribution in [0.15, 0.2) is 52.3 Å². The summed E-state index contributed by atoms with van der Waals surface area (Å²) in [6, 6.07) is 8.48.